The first-order chi connectivity index (χ1) is 16.2. The summed E-state index contributed by atoms with van der Waals surface area (Å²) in [5.41, 5.74) is 1.13. The lowest BCUT2D eigenvalue weighted by Crippen LogP contribution is -2.20. The van der Waals surface area contributed by atoms with Gasteiger partial charge in [-0.15, -0.1) is 0 Å². The molecule has 0 amide bonds. The van der Waals surface area contributed by atoms with Crippen LogP contribution in [-0.4, -0.2) is 5.97 Å². The van der Waals surface area contributed by atoms with Crippen LogP contribution in [0, 0.1) is 5.92 Å². The predicted octanol–water partition coefficient (Wildman–Crippen LogP) is 8.90. The molecule has 2 aromatic carbocycles. The summed E-state index contributed by atoms with van der Waals surface area (Å²) in [6, 6.07) is 17.4. The zero-order chi connectivity index (χ0) is 23.6. The first-order valence-corrected chi connectivity index (χ1v) is 13.2. The van der Waals surface area contributed by atoms with E-state index in [0.717, 1.165) is 30.6 Å². The minimum atomic E-state index is -0.109. The summed E-state index contributed by atoms with van der Waals surface area (Å²) in [5, 5.41) is 0. The lowest BCUT2D eigenvalue weighted by Gasteiger charge is -2.14. The van der Waals surface area contributed by atoms with E-state index in [2.05, 4.69) is 13.8 Å². The number of carbonyl (C=O) groups is 1. The van der Waals surface area contributed by atoms with Crippen LogP contribution in [0.4, 0.5) is 0 Å². The molecule has 182 valence electrons. The number of esters is 1. The van der Waals surface area contributed by atoms with Crippen molar-refractivity contribution >= 4 is 5.97 Å². The lowest BCUT2D eigenvalue weighted by atomic mass is 9.97. The highest BCUT2D eigenvalue weighted by Gasteiger charge is 2.18. The maximum Gasteiger partial charge on any atom is 0.314 e. The number of carbonyl (C=O) groups excluding carboxylic acids is 1. The first kappa shape index (κ1) is 27.0. The summed E-state index contributed by atoms with van der Waals surface area (Å²) in [6.07, 6.45) is 16.3. The van der Waals surface area contributed by atoms with Crippen molar-refractivity contribution < 1.29 is 14.3 Å². The van der Waals surface area contributed by atoms with Crippen LogP contribution >= 0.6 is 0 Å². The first-order valence-electron chi connectivity index (χ1n) is 13.2. The SMILES string of the molecule is CCCCCCCCCCCCCC(CC)C(=O)Oc1ccc(OCc2ccccc2)cc1. The van der Waals surface area contributed by atoms with Gasteiger partial charge in [-0.05, 0) is 42.7 Å². The topological polar surface area (TPSA) is 35.5 Å². The maximum atomic E-state index is 12.6. The molecule has 1 atom stereocenters. The van der Waals surface area contributed by atoms with E-state index < -0.39 is 0 Å². The van der Waals surface area contributed by atoms with Crippen LogP contribution in [0.15, 0.2) is 54.6 Å². The highest BCUT2D eigenvalue weighted by atomic mass is 16.5. The molecule has 0 saturated carbocycles. The molecule has 1 unspecified atom stereocenters. The van der Waals surface area contributed by atoms with Crippen LogP contribution < -0.4 is 9.47 Å². The highest BCUT2D eigenvalue weighted by Crippen LogP contribution is 2.22. The Morgan fingerprint density at radius 1 is 0.697 bits per heavy atom. The monoisotopic (exact) mass is 452 g/mol. The second-order valence-electron chi connectivity index (χ2n) is 9.10. The summed E-state index contributed by atoms with van der Waals surface area (Å²) in [5.74, 6) is 1.23. The zero-order valence-corrected chi connectivity index (χ0v) is 20.9. The zero-order valence-electron chi connectivity index (χ0n) is 20.9. The van der Waals surface area contributed by atoms with Crippen molar-refractivity contribution in [1.82, 2.24) is 0 Å². The molecule has 0 saturated heterocycles. The standard InChI is InChI=1S/C30H44O3/c1-3-5-6-7-8-9-10-11-12-13-17-20-27(4-2)30(31)33-29-23-21-28(22-24-29)32-25-26-18-15-14-16-19-26/h14-16,18-19,21-24,27H,3-13,17,20,25H2,1-2H3. The lowest BCUT2D eigenvalue weighted by molar-refractivity contribution is -0.139. The number of hydrogen-bond acceptors (Lipinski definition) is 3. The largest absolute Gasteiger partial charge is 0.489 e. The molecule has 0 radical (unpaired) electrons. The summed E-state index contributed by atoms with van der Waals surface area (Å²) in [6.45, 7) is 4.87. The molecular weight excluding hydrogens is 408 g/mol. The van der Waals surface area contributed by atoms with Gasteiger partial charge in [-0.3, -0.25) is 4.79 Å². The summed E-state index contributed by atoms with van der Waals surface area (Å²) < 4.78 is 11.4. The Morgan fingerprint density at radius 2 is 1.24 bits per heavy atom. The predicted molar refractivity (Wildman–Crippen MR) is 138 cm³/mol. The molecule has 0 aliphatic rings. The molecule has 2 aromatic rings. The quantitative estimate of drug-likeness (QED) is 0.129. The smallest absolute Gasteiger partial charge is 0.314 e. The van der Waals surface area contributed by atoms with Gasteiger partial charge in [0.05, 0.1) is 5.92 Å². The second kappa shape index (κ2) is 17.2. The molecule has 33 heavy (non-hydrogen) atoms. The summed E-state index contributed by atoms with van der Waals surface area (Å²) in [7, 11) is 0. The fourth-order valence-electron chi connectivity index (χ4n) is 4.09. The molecule has 0 aromatic heterocycles. The van der Waals surface area contributed by atoms with E-state index in [0.29, 0.717) is 12.4 Å². The molecule has 0 aliphatic carbocycles. The number of rotatable bonds is 18. The van der Waals surface area contributed by atoms with E-state index in [-0.39, 0.29) is 11.9 Å². The van der Waals surface area contributed by atoms with Crippen LogP contribution in [0.3, 0.4) is 0 Å². The van der Waals surface area contributed by atoms with E-state index in [4.69, 9.17) is 9.47 Å². The van der Waals surface area contributed by atoms with Gasteiger partial charge in [-0.1, -0.05) is 115 Å². The Bertz CT molecular complexity index is 739. The average Bonchev–Trinajstić information content (AvgIpc) is 2.85. The van der Waals surface area contributed by atoms with E-state index in [9.17, 15) is 4.79 Å². The third-order valence-corrected chi connectivity index (χ3v) is 6.27. The van der Waals surface area contributed by atoms with Gasteiger partial charge in [0, 0.05) is 0 Å². The molecule has 3 heteroatoms. The number of ether oxygens (including phenoxy) is 2. The third-order valence-electron chi connectivity index (χ3n) is 6.27. The van der Waals surface area contributed by atoms with Crippen molar-refractivity contribution in [3.63, 3.8) is 0 Å². The van der Waals surface area contributed by atoms with Gasteiger partial charge < -0.3 is 9.47 Å². The van der Waals surface area contributed by atoms with Crippen molar-refractivity contribution in [2.75, 3.05) is 0 Å². The summed E-state index contributed by atoms with van der Waals surface area (Å²) >= 11 is 0. The van der Waals surface area contributed by atoms with Crippen LogP contribution in [0.2, 0.25) is 0 Å². The fourth-order valence-corrected chi connectivity index (χ4v) is 4.09. The Labute approximate surface area is 201 Å². The van der Waals surface area contributed by atoms with Gasteiger partial charge in [0.2, 0.25) is 0 Å². The van der Waals surface area contributed by atoms with Crippen molar-refractivity contribution in [1.29, 1.82) is 0 Å². The van der Waals surface area contributed by atoms with Gasteiger partial charge in [0.1, 0.15) is 18.1 Å². The minimum Gasteiger partial charge on any atom is -0.489 e. The number of benzene rings is 2. The highest BCUT2D eigenvalue weighted by molar-refractivity contribution is 5.75. The van der Waals surface area contributed by atoms with E-state index in [1.54, 1.807) is 0 Å². The Hall–Kier alpha value is -2.29. The average molecular weight is 453 g/mol. The van der Waals surface area contributed by atoms with Crippen molar-refractivity contribution in [3.05, 3.63) is 60.2 Å². The second-order valence-corrected chi connectivity index (χ2v) is 9.10. The molecule has 3 nitrogen and oxygen atoms in total. The van der Waals surface area contributed by atoms with Gasteiger partial charge in [0.15, 0.2) is 0 Å². The van der Waals surface area contributed by atoms with E-state index >= 15 is 0 Å². The third kappa shape index (κ3) is 11.9. The molecule has 0 spiro atoms. The maximum absolute atomic E-state index is 12.6. The van der Waals surface area contributed by atoms with Gasteiger partial charge in [-0.2, -0.15) is 0 Å². The normalized spacial score (nSPS) is 11.8. The molecule has 0 bridgehead atoms. The Balaban J connectivity index is 1.58. The number of unbranched alkanes of at least 4 members (excludes halogenated alkanes) is 10. The molecule has 0 N–H and O–H groups in total. The Morgan fingerprint density at radius 3 is 1.82 bits per heavy atom. The molecule has 0 fully saturated rings. The fraction of sp³-hybridized carbons (Fsp3) is 0.567. The molecule has 0 aliphatic heterocycles. The van der Waals surface area contributed by atoms with Crippen molar-refractivity contribution in [2.45, 2.75) is 104 Å². The van der Waals surface area contributed by atoms with Crippen molar-refractivity contribution in [3.8, 4) is 11.5 Å². The Kier molecular flexibility index (Phi) is 14.1. The van der Waals surface area contributed by atoms with Crippen LogP contribution in [0.1, 0.15) is 103 Å². The van der Waals surface area contributed by atoms with E-state index in [1.165, 1.54) is 64.2 Å². The molecule has 0 heterocycles. The minimum absolute atomic E-state index is 0.0161. The van der Waals surface area contributed by atoms with Crippen LogP contribution in [-0.2, 0) is 11.4 Å². The number of hydrogen-bond donors (Lipinski definition) is 0. The molecular formula is C30H44O3. The van der Waals surface area contributed by atoms with E-state index in [1.807, 2.05) is 54.6 Å². The van der Waals surface area contributed by atoms with Crippen LogP contribution in [0.5, 0.6) is 11.5 Å². The van der Waals surface area contributed by atoms with Gasteiger partial charge in [0.25, 0.3) is 0 Å². The summed E-state index contributed by atoms with van der Waals surface area (Å²) in [4.78, 5) is 12.6. The molecule has 2 rings (SSSR count). The van der Waals surface area contributed by atoms with Crippen LogP contribution in [0.25, 0.3) is 0 Å². The van der Waals surface area contributed by atoms with Crippen molar-refractivity contribution in [2.24, 2.45) is 5.92 Å². The van der Waals surface area contributed by atoms with Gasteiger partial charge in [-0.25, -0.2) is 0 Å². The van der Waals surface area contributed by atoms with Gasteiger partial charge >= 0.3 is 5.97 Å².